The Bertz CT molecular complexity index is 845. The third-order valence-electron chi connectivity index (χ3n) is 4.32. The average Bonchev–Trinajstić information content (AvgIpc) is 2.87. The Morgan fingerprint density at radius 3 is 3.26 bits per heavy atom. The number of hydrogen-bond acceptors (Lipinski definition) is 6. The van der Waals surface area contributed by atoms with Crippen molar-refractivity contribution in [3.63, 3.8) is 0 Å². The Balaban J connectivity index is 1.93. The number of anilines is 1. The van der Waals surface area contributed by atoms with Gasteiger partial charge in [-0.05, 0) is 25.1 Å². The summed E-state index contributed by atoms with van der Waals surface area (Å²) in [5.41, 5.74) is 2.38. The van der Waals surface area contributed by atoms with Crippen molar-refractivity contribution in [2.24, 2.45) is 0 Å². The molecule has 1 saturated heterocycles. The molecule has 0 saturated carbocycles. The normalized spacial score (nSPS) is 20.2. The highest BCUT2D eigenvalue weighted by atomic mass is 32.1. The number of pyridine rings is 1. The zero-order chi connectivity index (χ0) is 15.8. The van der Waals surface area contributed by atoms with Gasteiger partial charge in [-0.3, -0.25) is 4.98 Å². The molecule has 6 heteroatoms. The lowest BCUT2D eigenvalue weighted by Crippen LogP contribution is -2.53. The van der Waals surface area contributed by atoms with Gasteiger partial charge >= 0.3 is 0 Å². The molecule has 120 valence electrons. The van der Waals surface area contributed by atoms with Crippen molar-refractivity contribution in [1.82, 2.24) is 15.2 Å². The highest BCUT2D eigenvalue weighted by molar-refractivity contribution is 7.16. The number of fused-ring (bicyclic) bond motifs is 2. The molecule has 2 aliphatic heterocycles. The minimum atomic E-state index is 0.104. The van der Waals surface area contributed by atoms with Crippen LogP contribution >= 0.6 is 11.3 Å². The molecule has 0 bridgehead atoms. The fourth-order valence-corrected chi connectivity index (χ4v) is 4.15. The van der Waals surface area contributed by atoms with Crippen molar-refractivity contribution in [3.8, 4) is 0 Å². The van der Waals surface area contributed by atoms with Crippen LogP contribution in [0.3, 0.4) is 0 Å². The van der Waals surface area contributed by atoms with Gasteiger partial charge in [0.25, 0.3) is 0 Å². The van der Waals surface area contributed by atoms with Crippen LogP contribution in [-0.4, -0.2) is 47.3 Å². The molecule has 4 heterocycles. The molecule has 0 radical (unpaired) electrons. The van der Waals surface area contributed by atoms with Crippen molar-refractivity contribution >= 4 is 28.2 Å². The largest absolute Gasteiger partial charge is 0.395 e. The number of piperazine rings is 1. The quantitative estimate of drug-likeness (QED) is 0.727. The zero-order valence-electron chi connectivity index (χ0n) is 13.0. The molecule has 3 N–H and O–H groups in total. The van der Waals surface area contributed by atoms with E-state index in [0.29, 0.717) is 0 Å². The van der Waals surface area contributed by atoms with E-state index in [9.17, 15) is 5.11 Å². The smallest absolute Gasteiger partial charge is 0.102 e. The van der Waals surface area contributed by atoms with Gasteiger partial charge in [0, 0.05) is 53.7 Å². The molecule has 0 amide bonds. The van der Waals surface area contributed by atoms with Crippen LogP contribution in [0.2, 0.25) is 0 Å². The van der Waals surface area contributed by atoms with Gasteiger partial charge in [0.05, 0.1) is 17.7 Å². The summed E-state index contributed by atoms with van der Waals surface area (Å²) in [6.45, 7) is 4.85. The van der Waals surface area contributed by atoms with Crippen molar-refractivity contribution in [2.75, 3.05) is 31.6 Å². The van der Waals surface area contributed by atoms with Gasteiger partial charge < -0.3 is 20.6 Å². The van der Waals surface area contributed by atoms with E-state index < -0.39 is 0 Å². The molecular formula is C17H20N4OS. The number of aromatic nitrogens is 1. The second kappa shape index (κ2) is 5.96. The Morgan fingerprint density at radius 2 is 2.39 bits per heavy atom. The Hall–Kier alpha value is -1.89. The Kier molecular flexibility index (Phi) is 3.80. The third-order valence-corrected chi connectivity index (χ3v) is 5.31. The van der Waals surface area contributed by atoms with E-state index in [-0.39, 0.29) is 12.6 Å². The van der Waals surface area contributed by atoms with Crippen LogP contribution < -0.4 is 21.2 Å². The molecule has 2 aromatic heterocycles. The number of rotatable bonds is 2. The number of hydrogen-bond donors (Lipinski definition) is 3. The van der Waals surface area contributed by atoms with Gasteiger partial charge in [-0.25, -0.2) is 0 Å². The van der Waals surface area contributed by atoms with Crippen LogP contribution in [0.25, 0.3) is 11.9 Å². The fourth-order valence-electron chi connectivity index (χ4n) is 3.27. The van der Waals surface area contributed by atoms with E-state index in [1.165, 1.54) is 16.1 Å². The predicted octanol–water partition coefficient (Wildman–Crippen LogP) is 0.0376. The minimum absolute atomic E-state index is 0.104. The Labute approximate surface area is 139 Å². The molecule has 0 spiro atoms. The summed E-state index contributed by atoms with van der Waals surface area (Å²) in [6, 6.07) is 6.39. The van der Waals surface area contributed by atoms with E-state index in [4.69, 9.17) is 0 Å². The molecule has 0 aromatic carbocycles. The van der Waals surface area contributed by atoms with E-state index in [1.54, 1.807) is 11.3 Å². The van der Waals surface area contributed by atoms with Crippen molar-refractivity contribution in [3.05, 3.63) is 45.4 Å². The SMILES string of the molecule is Cc1cc2c(s1)NC=c1cccnc1=C2N1CCNC(CO)C1. The summed E-state index contributed by atoms with van der Waals surface area (Å²) < 4.78 is 0. The first kappa shape index (κ1) is 14.7. The lowest BCUT2D eigenvalue weighted by atomic mass is 10.1. The lowest BCUT2D eigenvalue weighted by Gasteiger charge is -2.35. The fraction of sp³-hybridized carbons (Fsp3) is 0.353. The van der Waals surface area contributed by atoms with Gasteiger partial charge in [-0.15, -0.1) is 11.3 Å². The maximum absolute atomic E-state index is 9.53. The van der Waals surface area contributed by atoms with Crippen LogP contribution in [-0.2, 0) is 0 Å². The van der Waals surface area contributed by atoms with Crippen LogP contribution in [0.4, 0.5) is 5.00 Å². The van der Waals surface area contributed by atoms with Crippen LogP contribution in [0.1, 0.15) is 10.4 Å². The van der Waals surface area contributed by atoms with Gasteiger partial charge in [-0.1, -0.05) is 0 Å². The minimum Gasteiger partial charge on any atom is -0.395 e. The van der Waals surface area contributed by atoms with Crippen LogP contribution in [0.15, 0.2) is 24.4 Å². The van der Waals surface area contributed by atoms with Gasteiger partial charge in [0.15, 0.2) is 0 Å². The van der Waals surface area contributed by atoms with Gasteiger partial charge in [-0.2, -0.15) is 0 Å². The number of nitrogens with one attached hydrogen (secondary N) is 2. The van der Waals surface area contributed by atoms with E-state index in [2.05, 4.69) is 39.6 Å². The van der Waals surface area contributed by atoms with Crippen LogP contribution in [0, 0.1) is 6.92 Å². The van der Waals surface area contributed by atoms with E-state index in [1.807, 2.05) is 18.5 Å². The maximum atomic E-state index is 9.53. The maximum Gasteiger partial charge on any atom is 0.102 e. The number of aliphatic hydroxyl groups excluding tert-OH is 1. The molecule has 2 aromatic rings. The second-order valence-corrected chi connectivity index (χ2v) is 7.21. The molecule has 23 heavy (non-hydrogen) atoms. The van der Waals surface area contributed by atoms with Crippen molar-refractivity contribution in [2.45, 2.75) is 13.0 Å². The average molecular weight is 328 g/mol. The highest BCUT2D eigenvalue weighted by Crippen LogP contribution is 2.34. The molecule has 1 atom stereocenters. The topological polar surface area (TPSA) is 60.4 Å². The van der Waals surface area contributed by atoms with Gasteiger partial charge in [0.2, 0.25) is 0 Å². The second-order valence-electron chi connectivity index (χ2n) is 5.96. The molecule has 4 rings (SSSR count). The predicted molar refractivity (Wildman–Crippen MR) is 93.6 cm³/mol. The number of aryl methyl sites for hydroxylation is 1. The summed E-state index contributed by atoms with van der Waals surface area (Å²) >= 11 is 1.77. The highest BCUT2D eigenvalue weighted by Gasteiger charge is 2.25. The molecule has 0 aliphatic carbocycles. The third kappa shape index (κ3) is 2.63. The van der Waals surface area contributed by atoms with Crippen molar-refractivity contribution in [1.29, 1.82) is 0 Å². The first-order valence-electron chi connectivity index (χ1n) is 7.88. The van der Waals surface area contributed by atoms with Gasteiger partial charge in [0.1, 0.15) is 5.00 Å². The van der Waals surface area contributed by atoms with E-state index >= 15 is 0 Å². The first-order valence-corrected chi connectivity index (χ1v) is 8.70. The standard InChI is InChI=1S/C17H20N4OS/c1-11-7-14-16(21-6-5-18-13(9-21)10-22)15-12(3-2-4-19-15)8-20-17(14)23-11/h2-4,7-8,13,18,20,22H,5-6,9-10H2,1H3. The number of nitrogens with zero attached hydrogens (tertiary/aromatic N) is 2. The molecule has 5 nitrogen and oxygen atoms in total. The number of thiophene rings is 1. The summed E-state index contributed by atoms with van der Waals surface area (Å²) in [5, 5.41) is 19.6. The molecule has 1 unspecified atom stereocenters. The molecule has 2 aliphatic rings. The first-order chi connectivity index (χ1) is 11.3. The summed E-state index contributed by atoms with van der Waals surface area (Å²) in [5.74, 6) is 0. The monoisotopic (exact) mass is 328 g/mol. The molecule has 1 fully saturated rings. The summed E-state index contributed by atoms with van der Waals surface area (Å²) in [7, 11) is 0. The zero-order valence-corrected chi connectivity index (χ0v) is 13.9. The lowest BCUT2D eigenvalue weighted by molar-refractivity contribution is 0.185. The molecular weight excluding hydrogens is 308 g/mol. The Morgan fingerprint density at radius 1 is 1.48 bits per heavy atom. The van der Waals surface area contributed by atoms with Crippen LogP contribution in [0.5, 0.6) is 0 Å². The number of aliphatic hydroxyl groups is 1. The summed E-state index contributed by atoms with van der Waals surface area (Å²) in [4.78, 5) is 8.30. The van der Waals surface area contributed by atoms with E-state index in [0.717, 1.165) is 35.2 Å². The van der Waals surface area contributed by atoms with Crippen molar-refractivity contribution < 1.29 is 5.11 Å². The summed E-state index contributed by atoms with van der Waals surface area (Å²) in [6.07, 6.45) is 3.89.